The topological polar surface area (TPSA) is 35.5 Å². The molecule has 0 saturated carbocycles. The molecule has 2 atom stereocenters. The Labute approximate surface area is 98.5 Å². The summed E-state index contributed by atoms with van der Waals surface area (Å²) in [6.07, 6.45) is 1.11. The molecule has 1 saturated heterocycles. The fourth-order valence-electron chi connectivity index (χ4n) is 2.43. The second-order valence-electron chi connectivity index (χ2n) is 4.55. The number of hydrogen-bond donors (Lipinski definition) is 0. The van der Waals surface area contributed by atoms with Crippen LogP contribution >= 0.6 is 0 Å². The summed E-state index contributed by atoms with van der Waals surface area (Å²) in [6, 6.07) is 4.07. The highest BCUT2D eigenvalue weighted by Crippen LogP contribution is 2.33. The van der Waals surface area contributed by atoms with E-state index in [0.29, 0.717) is 30.9 Å². The standard InChI is InChI=1S/C13H13FO3/c14-9-1-2-10-11(15)6-12(17-13(10)5-9)8-3-4-16-7-8/h1-2,5,8,12H,3-4,6-7H2. The van der Waals surface area contributed by atoms with Crippen LogP contribution in [0, 0.1) is 11.7 Å². The van der Waals surface area contributed by atoms with Gasteiger partial charge in [-0.25, -0.2) is 4.39 Å². The van der Waals surface area contributed by atoms with Gasteiger partial charge >= 0.3 is 0 Å². The van der Waals surface area contributed by atoms with Crippen molar-refractivity contribution in [3.05, 3.63) is 29.6 Å². The first-order valence-electron chi connectivity index (χ1n) is 5.81. The minimum absolute atomic E-state index is 0.0307. The van der Waals surface area contributed by atoms with Crippen LogP contribution in [0.4, 0.5) is 4.39 Å². The third kappa shape index (κ3) is 1.93. The Morgan fingerprint density at radius 3 is 3.00 bits per heavy atom. The highest BCUT2D eigenvalue weighted by molar-refractivity contribution is 5.99. The van der Waals surface area contributed by atoms with Gasteiger partial charge in [0.05, 0.1) is 12.2 Å². The molecule has 0 aliphatic carbocycles. The molecule has 2 aliphatic heterocycles. The zero-order chi connectivity index (χ0) is 11.8. The van der Waals surface area contributed by atoms with Crippen LogP contribution in [0.1, 0.15) is 23.2 Å². The molecule has 2 unspecified atom stereocenters. The van der Waals surface area contributed by atoms with Crippen molar-refractivity contribution in [3.63, 3.8) is 0 Å². The lowest BCUT2D eigenvalue weighted by Crippen LogP contribution is -2.34. The van der Waals surface area contributed by atoms with Gasteiger partial charge in [-0.05, 0) is 18.6 Å². The Hall–Kier alpha value is -1.42. The van der Waals surface area contributed by atoms with Gasteiger partial charge in [0.15, 0.2) is 5.78 Å². The maximum atomic E-state index is 13.1. The molecule has 0 bridgehead atoms. The van der Waals surface area contributed by atoms with Crippen LogP contribution in [0.5, 0.6) is 5.75 Å². The molecule has 3 nitrogen and oxygen atoms in total. The molecule has 17 heavy (non-hydrogen) atoms. The number of carbonyl (C=O) groups excluding carboxylic acids is 1. The number of ether oxygens (including phenoxy) is 2. The van der Waals surface area contributed by atoms with E-state index in [0.717, 1.165) is 6.42 Å². The monoisotopic (exact) mass is 236 g/mol. The van der Waals surface area contributed by atoms with Crippen molar-refractivity contribution in [1.82, 2.24) is 0 Å². The minimum Gasteiger partial charge on any atom is -0.489 e. The third-order valence-corrected chi connectivity index (χ3v) is 3.40. The molecule has 0 aromatic heterocycles. The first-order valence-corrected chi connectivity index (χ1v) is 5.81. The first-order chi connectivity index (χ1) is 8.24. The summed E-state index contributed by atoms with van der Waals surface area (Å²) in [5.74, 6) is 0.275. The third-order valence-electron chi connectivity index (χ3n) is 3.40. The maximum absolute atomic E-state index is 13.1. The van der Waals surface area contributed by atoms with Gasteiger partial charge < -0.3 is 9.47 Å². The van der Waals surface area contributed by atoms with Gasteiger partial charge in [0.1, 0.15) is 17.7 Å². The molecule has 4 heteroatoms. The van der Waals surface area contributed by atoms with E-state index in [1.54, 1.807) is 0 Å². The number of ketones is 1. The van der Waals surface area contributed by atoms with Gasteiger partial charge in [-0.15, -0.1) is 0 Å². The number of halogens is 1. The van der Waals surface area contributed by atoms with Crippen LogP contribution in [0.3, 0.4) is 0 Å². The van der Waals surface area contributed by atoms with E-state index in [1.165, 1.54) is 18.2 Å². The lowest BCUT2D eigenvalue weighted by molar-refractivity contribution is 0.0692. The predicted octanol–water partition coefficient (Wildman–Crippen LogP) is 2.20. The summed E-state index contributed by atoms with van der Waals surface area (Å²) in [5.41, 5.74) is 0.488. The molecule has 90 valence electrons. The second kappa shape index (κ2) is 4.11. The van der Waals surface area contributed by atoms with Crippen LogP contribution in [-0.4, -0.2) is 25.1 Å². The number of benzene rings is 1. The zero-order valence-corrected chi connectivity index (χ0v) is 9.32. The summed E-state index contributed by atoms with van der Waals surface area (Å²) in [4.78, 5) is 11.9. The summed E-state index contributed by atoms with van der Waals surface area (Å²) < 4.78 is 24.1. The second-order valence-corrected chi connectivity index (χ2v) is 4.55. The number of carbonyl (C=O) groups is 1. The minimum atomic E-state index is -0.375. The largest absolute Gasteiger partial charge is 0.489 e. The molecule has 1 aromatic carbocycles. The van der Waals surface area contributed by atoms with Crippen LogP contribution in [-0.2, 0) is 4.74 Å². The van der Waals surface area contributed by atoms with Gasteiger partial charge in [-0.2, -0.15) is 0 Å². The number of Topliss-reactive ketones (excluding diaryl/α,β-unsaturated/α-hetero) is 1. The van der Waals surface area contributed by atoms with E-state index in [9.17, 15) is 9.18 Å². The van der Waals surface area contributed by atoms with Crippen molar-refractivity contribution in [2.24, 2.45) is 5.92 Å². The van der Waals surface area contributed by atoms with Crippen molar-refractivity contribution in [2.75, 3.05) is 13.2 Å². The maximum Gasteiger partial charge on any atom is 0.170 e. The van der Waals surface area contributed by atoms with E-state index in [-0.39, 0.29) is 23.6 Å². The Balaban J connectivity index is 1.88. The Morgan fingerprint density at radius 2 is 2.24 bits per heavy atom. The van der Waals surface area contributed by atoms with Gasteiger partial charge in [0, 0.05) is 25.0 Å². The van der Waals surface area contributed by atoms with E-state index in [1.807, 2.05) is 0 Å². The van der Waals surface area contributed by atoms with E-state index in [4.69, 9.17) is 9.47 Å². The molecular weight excluding hydrogens is 223 g/mol. The molecule has 0 amide bonds. The van der Waals surface area contributed by atoms with E-state index in [2.05, 4.69) is 0 Å². The summed E-state index contributed by atoms with van der Waals surface area (Å²) in [6.45, 7) is 1.34. The number of fused-ring (bicyclic) bond motifs is 1. The van der Waals surface area contributed by atoms with Gasteiger partial charge in [-0.3, -0.25) is 4.79 Å². The molecule has 3 rings (SSSR count). The van der Waals surface area contributed by atoms with Gasteiger partial charge in [0.25, 0.3) is 0 Å². The molecule has 2 heterocycles. The summed E-state index contributed by atoms with van der Waals surface area (Å²) in [7, 11) is 0. The SMILES string of the molecule is O=C1CC(C2CCOC2)Oc2cc(F)ccc21. The molecule has 0 radical (unpaired) electrons. The molecule has 1 fully saturated rings. The quantitative estimate of drug-likeness (QED) is 0.749. The molecular formula is C13H13FO3. The predicted molar refractivity (Wildman–Crippen MR) is 58.7 cm³/mol. The Kier molecular flexibility index (Phi) is 2.59. The average molecular weight is 236 g/mol. The van der Waals surface area contributed by atoms with Crippen molar-refractivity contribution in [3.8, 4) is 5.75 Å². The van der Waals surface area contributed by atoms with Crippen molar-refractivity contribution >= 4 is 5.78 Å². The van der Waals surface area contributed by atoms with Gasteiger partial charge in [0.2, 0.25) is 0 Å². The van der Waals surface area contributed by atoms with Crippen molar-refractivity contribution in [1.29, 1.82) is 0 Å². The summed E-state index contributed by atoms with van der Waals surface area (Å²) in [5, 5.41) is 0. The van der Waals surface area contributed by atoms with Crippen LogP contribution in [0.15, 0.2) is 18.2 Å². The lowest BCUT2D eigenvalue weighted by atomic mass is 9.92. The Bertz CT molecular complexity index is 452. The fourth-order valence-corrected chi connectivity index (χ4v) is 2.43. The smallest absolute Gasteiger partial charge is 0.170 e. The number of rotatable bonds is 1. The average Bonchev–Trinajstić information content (AvgIpc) is 2.81. The molecule has 1 aromatic rings. The van der Waals surface area contributed by atoms with Crippen LogP contribution < -0.4 is 4.74 Å². The van der Waals surface area contributed by atoms with Gasteiger partial charge in [-0.1, -0.05) is 0 Å². The van der Waals surface area contributed by atoms with Crippen molar-refractivity contribution < 1.29 is 18.7 Å². The molecule has 2 aliphatic rings. The highest BCUT2D eigenvalue weighted by Gasteiger charge is 2.34. The fraction of sp³-hybridized carbons (Fsp3) is 0.462. The first kappa shape index (κ1) is 10.7. The molecule has 0 spiro atoms. The normalized spacial score (nSPS) is 27.7. The highest BCUT2D eigenvalue weighted by atomic mass is 19.1. The zero-order valence-electron chi connectivity index (χ0n) is 9.32. The van der Waals surface area contributed by atoms with Crippen LogP contribution in [0.2, 0.25) is 0 Å². The van der Waals surface area contributed by atoms with E-state index < -0.39 is 0 Å². The lowest BCUT2D eigenvalue weighted by Gasteiger charge is -2.28. The van der Waals surface area contributed by atoms with Crippen molar-refractivity contribution in [2.45, 2.75) is 18.9 Å². The molecule has 0 N–H and O–H groups in total. The Morgan fingerprint density at radius 1 is 1.35 bits per heavy atom. The van der Waals surface area contributed by atoms with Crippen LogP contribution in [0.25, 0.3) is 0 Å². The summed E-state index contributed by atoms with van der Waals surface area (Å²) >= 11 is 0. The number of hydrogen-bond acceptors (Lipinski definition) is 3. The van der Waals surface area contributed by atoms with E-state index >= 15 is 0 Å².